The Bertz CT molecular complexity index is 1050. The predicted molar refractivity (Wildman–Crippen MR) is 121 cm³/mol. The highest BCUT2D eigenvalue weighted by atomic mass is 19.1. The van der Waals surface area contributed by atoms with Crippen LogP contribution in [0.5, 0.6) is 0 Å². The van der Waals surface area contributed by atoms with Crippen molar-refractivity contribution in [1.29, 1.82) is 0 Å². The smallest absolute Gasteiger partial charge is 0.254 e. The lowest BCUT2D eigenvalue weighted by Crippen LogP contribution is -2.58. The molecule has 0 aromatic heterocycles. The zero-order chi connectivity index (χ0) is 23.0. The molecule has 2 unspecified atom stereocenters. The molecule has 2 aromatic carbocycles. The van der Waals surface area contributed by atoms with Gasteiger partial charge in [0.25, 0.3) is 5.91 Å². The van der Waals surface area contributed by atoms with Gasteiger partial charge in [0.15, 0.2) is 0 Å². The Morgan fingerprint density at radius 3 is 2.66 bits per heavy atom. The van der Waals surface area contributed by atoms with E-state index in [0.717, 1.165) is 37.1 Å². The molecule has 2 atom stereocenters. The topological polar surface area (TPSA) is 55.9 Å². The van der Waals surface area contributed by atoms with Gasteiger partial charge in [-0.2, -0.15) is 0 Å². The average Bonchev–Trinajstić information content (AvgIpc) is 3.29. The predicted octanol–water partition coefficient (Wildman–Crippen LogP) is 2.29. The molecule has 2 fully saturated rings. The molecule has 3 heterocycles. The van der Waals surface area contributed by atoms with Crippen LogP contribution in [0.15, 0.2) is 48.5 Å². The highest BCUT2D eigenvalue weighted by Crippen LogP contribution is 2.36. The minimum absolute atomic E-state index is 0.0832. The highest BCUT2D eigenvalue weighted by Gasteiger charge is 2.41. The summed E-state index contributed by atoms with van der Waals surface area (Å²) in [5.41, 5.74) is 1.90. The van der Waals surface area contributed by atoms with E-state index < -0.39 is 12.3 Å². The monoisotopic (exact) mass is 437 g/mol. The van der Waals surface area contributed by atoms with Crippen LogP contribution in [0.2, 0.25) is 0 Å². The second-order valence-electron chi connectivity index (χ2n) is 8.96. The minimum Gasteiger partial charge on any atom is -0.336 e. The Labute approximate surface area is 189 Å². The van der Waals surface area contributed by atoms with Crippen molar-refractivity contribution in [2.24, 2.45) is 0 Å². The molecule has 3 aliphatic heterocycles. The molecular weight excluding hydrogens is 407 g/mol. The number of fused-ring (bicyclic) bond motifs is 1. The first-order chi connectivity index (χ1) is 16.0. The van der Waals surface area contributed by atoms with Gasteiger partial charge in [-0.15, -0.1) is 0 Å². The molecule has 0 bridgehead atoms. The molecule has 1 N–H and O–H groups in total. The van der Waals surface area contributed by atoms with Crippen LogP contribution < -0.4 is 10.2 Å². The van der Waals surface area contributed by atoms with Crippen LogP contribution in [0.25, 0.3) is 0 Å². The van der Waals surface area contributed by atoms with Crippen molar-refractivity contribution in [2.45, 2.75) is 24.8 Å². The molecule has 0 saturated carbocycles. The molecular formula is C25H29FN4O2. The number of amides is 2. The number of hydrogen-bond acceptors (Lipinski definition) is 4. The largest absolute Gasteiger partial charge is 0.336 e. The number of carbonyl (C=O) groups is 2. The van der Waals surface area contributed by atoms with Gasteiger partial charge in [-0.1, -0.05) is 24.3 Å². The van der Waals surface area contributed by atoms with E-state index in [4.69, 9.17) is 1.37 Å². The van der Waals surface area contributed by atoms with E-state index in [1.165, 1.54) is 18.2 Å². The summed E-state index contributed by atoms with van der Waals surface area (Å²) < 4.78 is 22.5. The first-order valence-corrected chi connectivity index (χ1v) is 11.3. The number of piperazine rings is 1. The second kappa shape index (κ2) is 8.64. The molecule has 2 aromatic rings. The van der Waals surface area contributed by atoms with Crippen molar-refractivity contribution in [3.63, 3.8) is 0 Å². The molecule has 6 nitrogen and oxygen atoms in total. The molecule has 2 amide bonds. The molecule has 1 spiro atoms. The third-order valence-corrected chi connectivity index (χ3v) is 6.77. The lowest BCUT2D eigenvalue weighted by molar-refractivity contribution is -0.120. The summed E-state index contributed by atoms with van der Waals surface area (Å²) in [6.45, 7) is 2.51. The van der Waals surface area contributed by atoms with Gasteiger partial charge in [-0.25, -0.2) is 4.39 Å². The molecule has 3 aliphatic rings. The maximum Gasteiger partial charge on any atom is 0.254 e. The van der Waals surface area contributed by atoms with E-state index in [9.17, 15) is 14.0 Å². The fourth-order valence-corrected chi connectivity index (χ4v) is 5.08. The Balaban J connectivity index is 1.26. The van der Waals surface area contributed by atoms with Crippen LogP contribution in [0.1, 0.15) is 30.1 Å². The zero-order valence-corrected chi connectivity index (χ0v) is 18.1. The van der Waals surface area contributed by atoms with Gasteiger partial charge in [-0.05, 0) is 55.6 Å². The first kappa shape index (κ1) is 19.9. The number of carbonyl (C=O) groups excluding carboxylic acids is 2. The van der Waals surface area contributed by atoms with Gasteiger partial charge in [0.2, 0.25) is 5.91 Å². The molecule has 7 heteroatoms. The van der Waals surface area contributed by atoms with Gasteiger partial charge in [0.05, 0.1) is 7.92 Å². The maximum absolute atomic E-state index is 13.5. The van der Waals surface area contributed by atoms with E-state index >= 15 is 0 Å². The third-order valence-electron chi connectivity index (χ3n) is 6.77. The van der Waals surface area contributed by atoms with Gasteiger partial charge < -0.3 is 15.1 Å². The number of nitrogens with one attached hydrogen (secondary N) is 1. The summed E-state index contributed by atoms with van der Waals surface area (Å²) in [4.78, 5) is 31.6. The standard InChI is InChI=1S/C25H29FN4O2/c26-21-7-3-6-19(15-21)24(32)29-13-11-28(12-14-29)17-23(31)30-18-25(9-4-10-27-25)16-20-5-1-2-8-22(20)30/h1-3,5-8,15,27H,4,9-14,16-18H2/i18D. The minimum atomic E-state index is -0.668. The number of para-hydroxylation sites is 1. The van der Waals surface area contributed by atoms with Gasteiger partial charge in [-0.3, -0.25) is 14.5 Å². The van der Waals surface area contributed by atoms with Crippen LogP contribution in [0.4, 0.5) is 10.1 Å². The lowest BCUT2D eigenvalue weighted by Gasteiger charge is -2.43. The average molecular weight is 438 g/mol. The van der Waals surface area contributed by atoms with Crippen molar-refractivity contribution < 1.29 is 15.4 Å². The van der Waals surface area contributed by atoms with Crippen LogP contribution in [-0.4, -0.2) is 72.9 Å². The lowest BCUT2D eigenvalue weighted by atomic mass is 9.84. The second-order valence-corrected chi connectivity index (χ2v) is 8.96. The SMILES string of the molecule is [2H]C1N(C(=O)CN2CCN(C(=O)c3cccc(F)c3)CC2)c2ccccc2CC12CCCN2. The summed E-state index contributed by atoms with van der Waals surface area (Å²) in [5.74, 6) is -0.697. The fraction of sp³-hybridized carbons (Fsp3) is 0.440. The van der Waals surface area contributed by atoms with Gasteiger partial charge in [0.1, 0.15) is 5.82 Å². The normalized spacial score (nSPS) is 26.2. The summed E-state index contributed by atoms with van der Waals surface area (Å²) >= 11 is 0. The molecule has 2 saturated heterocycles. The van der Waals surface area contributed by atoms with E-state index in [1.54, 1.807) is 15.9 Å². The van der Waals surface area contributed by atoms with E-state index in [0.29, 0.717) is 31.7 Å². The van der Waals surface area contributed by atoms with Crippen molar-refractivity contribution in [1.82, 2.24) is 15.1 Å². The van der Waals surface area contributed by atoms with Crippen LogP contribution in [-0.2, 0) is 11.2 Å². The number of nitrogens with zero attached hydrogens (tertiary/aromatic N) is 3. The van der Waals surface area contributed by atoms with E-state index in [-0.39, 0.29) is 23.9 Å². The summed E-state index contributed by atoms with van der Waals surface area (Å²) in [6, 6.07) is 13.6. The maximum atomic E-state index is 13.5. The van der Waals surface area contributed by atoms with Crippen molar-refractivity contribution in [2.75, 3.05) is 50.7 Å². The quantitative estimate of drug-likeness (QED) is 0.801. The van der Waals surface area contributed by atoms with Gasteiger partial charge in [0, 0.05) is 49.5 Å². The van der Waals surface area contributed by atoms with Crippen molar-refractivity contribution in [3.05, 3.63) is 65.5 Å². The van der Waals surface area contributed by atoms with Crippen LogP contribution >= 0.6 is 0 Å². The van der Waals surface area contributed by atoms with Crippen LogP contribution in [0, 0.1) is 5.82 Å². The summed E-state index contributed by atoms with van der Waals surface area (Å²) in [6.07, 6.45) is 2.67. The van der Waals surface area contributed by atoms with E-state index in [1.807, 2.05) is 23.1 Å². The molecule has 0 radical (unpaired) electrons. The molecule has 0 aliphatic carbocycles. The van der Waals surface area contributed by atoms with Crippen molar-refractivity contribution >= 4 is 17.5 Å². The number of rotatable bonds is 3. The Morgan fingerprint density at radius 1 is 1.09 bits per heavy atom. The Morgan fingerprint density at radius 2 is 1.91 bits per heavy atom. The Kier molecular flexibility index (Phi) is 5.37. The number of hydrogen-bond donors (Lipinski definition) is 1. The van der Waals surface area contributed by atoms with Gasteiger partial charge >= 0.3 is 0 Å². The van der Waals surface area contributed by atoms with E-state index in [2.05, 4.69) is 11.4 Å². The zero-order valence-electron chi connectivity index (χ0n) is 19.1. The van der Waals surface area contributed by atoms with Crippen molar-refractivity contribution in [3.8, 4) is 0 Å². The number of anilines is 1. The van der Waals surface area contributed by atoms with Crippen LogP contribution in [0.3, 0.4) is 0 Å². The number of halogens is 1. The highest BCUT2D eigenvalue weighted by molar-refractivity contribution is 5.96. The third kappa shape index (κ3) is 4.14. The summed E-state index contributed by atoms with van der Waals surface area (Å²) in [7, 11) is 0. The first-order valence-electron chi connectivity index (χ1n) is 11.9. The molecule has 5 rings (SSSR count). The summed E-state index contributed by atoms with van der Waals surface area (Å²) in [5, 5.41) is 3.52. The Hall–Kier alpha value is -2.77. The molecule has 32 heavy (non-hydrogen) atoms. The number of benzene rings is 2. The molecule has 168 valence electrons. The fourth-order valence-electron chi connectivity index (χ4n) is 5.08.